The van der Waals surface area contributed by atoms with Gasteiger partial charge in [-0.1, -0.05) is 6.07 Å². The van der Waals surface area contributed by atoms with Crippen LogP contribution in [0.5, 0.6) is 0 Å². The Hall–Kier alpha value is -2.19. The third kappa shape index (κ3) is 3.34. The van der Waals surface area contributed by atoms with E-state index in [2.05, 4.69) is 4.98 Å². The number of benzene rings is 1. The van der Waals surface area contributed by atoms with Gasteiger partial charge in [0.1, 0.15) is 0 Å². The van der Waals surface area contributed by atoms with E-state index < -0.39 is 10.0 Å². The highest BCUT2D eigenvalue weighted by Crippen LogP contribution is 2.24. The summed E-state index contributed by atoms with van der Waals surface area (Å²) in [5, 5.41) is 5.18. The van der Waals surface area contributed by atoms with Crippen molar-refractivity contribution in [1.29, 1.82) is 0 Å². The summed E-state index contributed by atoms with van der Waals surface area (Å²) in [6.07, 6.45) is 7.15. The second kappa shape index (κ2) is 6.37. The molecule has 128 valence electrons. The molecule has 0 aliphatic carbocycles. The lowest BCUT2D eigenvalue weighted by Crippen LogP contribution is -2.38. The normalized spacial score (nSPS) is 18.1. The molecule has 0 spiro atoms. The summed E-state index contributed by atoms with van der Waals surface area (Å²) in [7, 11) is -3.84. The third-order valence-electron chi connectivity index (χ3n) is 4.39. The van der Waals surface area contributed by atoms with Crippen molar-refractivity contribution < 1.29 is 13.2 Å². The van der Waals surface area contributed by atoms with Crippen LogP contribution in [0.1, 0.15) is 28.8 Å². The van der Waals surface area contributed by atoms with Crippen LogP contribution in [0, 0.1) is 6.92 Å². The Morgan fingerprint density at radius 2 is 2.21 bits per heavy atom. The zero-order valence-corrected chi connectivity index (χ0v) is 14.2. The predicted octanol–water partition coefficient (Wildman–Crippen LogP) is 1.14. The van der Waals surface area contributed by atoms with Crippen molar-refractivity contribution in [2.75, 3.05) is 6.54 Å². The molecule has 2 aromatic rings. The quantitative estimate of drug-likeness (QED) is 0.896. The highest BCUT2D eigenvalue weighted by atomic mass is 32.2. The van der Waals surface area contributed by atoms with Gasteiger partial charge in [0.2, 0.25) is 10.0 Å². The summed E-state index contributed by atoms with van der Waals surface area (Å²) >= 11 is 0. The zero-order valence-electron chi connectivity index (χ0n) is 13.4. The highest BCUT2D eigenvalue weighted by molar-refractivity contribution is 7.89. The first-order valence-electron chi connectivity index (χ1n) is 7.76. The third-order valence-corrected chi connectivity index (χ3v) is 5.30. The molecule has 1 aromatic carbocycles. The summed E-state index contributed by atoms with van der Waals surface area (Å²) in [5.74, 6) is -0.152. The molecule has 1 amide bonds. The van der Waals surface area contributed by atoms with Crippen molar-refractivity contribution in [3.8, 4) is 0 Å². The number of imidazole rings is 1. The fraction of sp³-hybridized carbons (Fsp3) is 0.375. The van der Waals surface area contributed by atoms with Crippen LogP contribution < -0.4 is 5.14 Å². The topological polar surface area (TPSA) is 98.3 Å². The Labute approximate surface area is 141 Å². The molecule has 0 bridgehead atoms. The number of carbonyl (C=O) groups is 1. The van der Waals surface area contributed by atoms with Gasteiger partial charge in [-0.15, -0.1) is 0 Å². The molecule has 0 saturated carbocycles. The number of aromatic nitrogens is 2. The minimum Gasteiger partial charge on any atom is -0.335 e. The number of hydrogen-bond donors (Lipinski definition) is 1. The Morgan fingerprint density at radius 3 is 2.88 bits per heavy atom. The van der Waals surface area contributed by atoms with Gasteiger partial charge in [-0.2, -0.15) is 0 Å². The number of hydrogen-bond acceptors (Lipinski definition) is 4. The van der Waals surface area contributed by atoms with Gasteiger partial charge in [0, 0.05) is 37.1 Å². The number of nitrogens with zero attached hydrogens (tertiary/aromatic N) is 3. The summed E-state index contributed by atoms with van der Waals surface area (Å²) in [4.78, 5) is 18.7. The van der Waals surface area contributed by atoms with E-state index >= 15 is 0 Å². The number of likely N-dealkylation sites (tertiary alicyclic amines) is 1. The van der Waals surface area contributed by atoms with Gasteiger partial charge in [0.05, 0.1) is 11.2 Å². The number of amides is 1. The minimum absolute atomic E-state index is 0.0400. The molecule has 1 aromatic heterocycles. The predicted molar refractivity (Wildman–Crippen MR) is 88.8 cm³/mol. The lowest BCUT2D eigenvalue weighted by atomic mass is 10.1. The van der Waals surface area contributed by atoms with Crippen LogP contribution in [0.4, 0.5) is 0 Å². The molecule has 1 atom stereocenters. The molecule has 1 aliphatic heterocycles. The fourth-order valence-corrected chi connectivity index (χ4v) is 3.63. The molecule has 1 fully saturated rings. The van der Waals surface area contributed by atoms with E-state index in [1.54, 1.807) is 25.5 Å². The van der Waals surface area contributed by atoms with Gasteiger partial charge >= 0.3 is 0 Å². The Balaban J connectivity index is 1.87. The van der Waals surface area contributed by atoms with E-state index in [-0.39, 0.29) is 16.8 Å². The van der Waals surface area contributed by atoms with Crippen molar-refractivity contribution in [2.24, 2.45) is 5.14 Å². The van der Waals surface area contributed by atoms with Crippen molar-refractivity contribution in [3.63, 3.8) is 0 Å². The first-order valence-corrected chi connectivity index (χ1v) is 9.31. The van der Waals surface area contributed by atoms with Crippen molar-refractivity contribution in [3.05, 3.63) is 48.0 Å². The molecule has 0 radical (unpaired) electrons. The van der Waals surface area contributed by atoms with Crippen molar-refractivity contribution in [2.45, 2.75) is 37.2 Å². The molecule has 7 nitrogen and oxygen atoms in total. The smallest absolute Gasteiger partial charge is 0.254 e. The Kier molecular flexibility index (Phi) is 4.42. The van der Waals surface area contributed by atoms with Crippen LogP contribution in [-0.4, -0.2) is 41.4 Å². The molecule has 1 aliphatic rings. The molecule has 2 heterocycles. The number of carbonyl (C=O) groups excluding carboxylic acids is 1. The lowest BCUT2D eigenvalue weighted by Gasteiger charge is -2.26. The highest BCUT2D eigenvalue weighted by Gasteiger charge is 2.30. The standard InChI is InChI=1S/C16H20N4O3S/c1-12-4-5-14(24(17,22)23)9-15(12)16(21)20-7-2-3-13(20)10-19-8-6-18-11-19/h4-6,8-9,11,13H,2-3,7,10H2,1H3,(H2,17,22,23)/t13-/m1/s1. The minimum atomic E-state index is -3.84. The number of rotatable bonds is 4. The number of nitrogens with two attached hydrogens (primary N) is 1. The molecular formula is C16H20N4O3S. The first-order chi connectivity index (χ1) is 11.4. The van der Waals surface area contributed by atoms with Gasteiger partial charge in [-0.3, -0.25) is 4.79 Å². The van der Waals surface area contributed by atoms with E-state index in [1.165, 1.54) is 12.1 Å². The van der Waals surface area contributed by atoms with Gasteiger partial charge in [-0.25, -0.2) is 18.5 Å². The van der Waals surface area contributed by atoms with Crippen LogP contribution in [0.15, 0.2) is 41.8 Å². The molecule has 2 N–H and O–H groups in total. The zero-order chi connectivity index (χ0) is 17.3. The molecular weight excluding hydrogens is 328 g/mol. The van der Waals surface area contributed by atoms with Crippen LogP contribution in [-0.2, 0) is 16.6 Å². The summed E-state index contributed by atoms with van der Waals surface area (Å²) in [5.41, 5.74) is 1.12. The fourth-order valence-electron chi connectivity index (χ4n) is 3.09. The summed E-state index contributed by atoms with van der Waals surface area (Å²) in [6, 6.07) is 4.49. The van der Waals surface area contributed by atoms with Crippen LogP contribution in [0.25, 0.3) is 0 Å². The van der Waals surface area contributed by atoms with Crippen LogP contribution in [0.3, 0.4) is 0 Å². The Bertz CT molecular complexity index is 846. The average molecular weight is 348 g/mol. The summed E-state index contributed by atoms with van der Waals surface area (Å²) < 4.78 is 25.1. The average Bonchev–Trinajstić information content (AvgIpc) is 3.18. The van der Waals surface area contributed by atoms with Crippen LogP contribution >= 0.6 is 0 Å². The maximum atomic E-state index is 13.0. The monoisotopic (exact) mass is 348 g/mol. The summed E-state index contributed by atoms with van der Waals surface area (Å²) in [6.45, 7) is 3.14. The molecule has 24 heavy (non-hydrogen) atoms. The number of aryl methyl sites for hydroxylation is 1. The number of sulfonamides is 1. The van der Waals surface area contributed by atoms with E-state index in [9.17, 15) is 13.2 Å². The largest absolute Gasteiger partial charge is 0.335 e. The van der Waals surface area contributed by atoms with Gasteiger partial charge < -0.3 is 9.47 Å². The van der Waals surface area contributed by atoms with E-state index in [0.29, 0.717) is 18.7 Å². The van der Waals surface area contributed by atoms with Crippen molar-refractivity contribution >= 4 is 15.9 Å². The first kappa shape index (κ1) is 16.7. The molecule has 0 unspecified atom stereocenters. The van der Waals surface area contributed by atoms with Gasteiger partial charge in [-0.05, 0) is 37.5 Å². The van der Waals surface area contributed by atoms with Crippen LogP contribution in [0.2, 0.25) is 0 Å². The maximum absolute atomic E-state index is 13.0. The maximum Gasteiger partial charge on any atom is 0.254 e. The van der Waals surface area contributed by atoms with Crippen molar-refractivity contribution in [1.82, 2.24) is 14.5 Å². The second-order valence-corrected chi connectivity index (χ2v) is 7.64. The van der Waals surface area contributed by atoms with E-state index in [4.69, 9.17) is 5.14 Å². The van der Waals surface area contributed by atoms with Gasteiger partial charge in [0.15, 0.2) is 0 Å². The lowest BCUT2D eigenvalue weighted by molar-refractivity contribution is 0.0723. The molecule has 1 saturated heterocycles. The Morgan fingerprint density at radius 1 is 1.42 bits per heavy atom. The second-order valence-electron chi connectivity index (χ2n) is 6.08. The van der Waals surface area contributed by atoms with E-state index in [1.807, 2.05) is 15.7 Å². The molecule has 3 rings (SSSR count). The number of primary sulfonamides is 1. The van der Waals surface area contributed by atoms with Gasteiger partial charge in [0.25, 0.3) is 5.91 Å². The SMILES string of the molecule is Cc1ccc(S(N)(=O)=O)cc1C(=O)N1CCC[C@@H]1Cn1ccnc1. The van der Waals surface area contributed by atoms with E-state index in [0.717, 1.165) is 18.4 Å². The molecule has 8 heteroatoms.